The second-order valence-electron chi connectivity index (χ2n) is 4.98. The molecule has 1 aliphatic rings. The van der Waals surface area contributed by atoms with E-state index < -0.39 is 5.60 Å². The van der Waals surface area contributed by atoms with Crippen molar-refractivity contribution in [3.8, 4) is 0 Å². The molecule has 1 saturated heterocycles. The number of carbonyl (C=O) groups is 1. The van der Waals surface area contributed by atoms with Crippen LogP contribution in [-0.4, -0.2) is 47.8 Å². The first-order valence-electron chi connectivity index (χ1n) is 5.40. The van der Waals surface area contributed by atoms with Crippen molar-refractivity contribution in [1.29, 1.82) is 0 Å². The Kier molecular flexibility index (Phi) is 3.73. The maximum Gasteiger partial charge on any atom is 0.228 e. The van der Waals surface area contributed by atoms with E-state index in [1.165, 1.54) is 0 Å². The van der Waals surface area contributed by atoms with Crippen molar-refractivity contribution < 1.29 is 14.6 Å². The topological polar surface area (TPSA) is 49.8 Å². The molecule has 1 aliphatic heterocycles. The maximum absolute atomic E-state index is 12.0. The lowest BCUT2D eigenvalue weighted by atomic mass is 10.0. The Morgan fingerprint density at radius 1 is 1.60 bits per heavy atom. The third-order valence-electron chi connectivity index (χ3n) is 2.69. The monoisotopic (exact) mass is 215 g/mol. The van der Waals surface area contributed by atoms with Crippen molar-refractivity contribution in [2.24, 2.45) is 5.92 Å². The quantitative estimate of drug-likeness (QED) is 0.751. The summed E-state index contributed by atoms with van der Waals surface area (Å²) in [7, 11) is 1.73. The molecule has 1 rings (SSSR count). The highest BCUT2D eigenvalue weighted by molar-refractivity contribution is 5.79. The Bertz CT molecular complexity index is 234. The van der Waals surface area contributed by atoms with Crippen LogP contribution in [0.1, 0.15) is 27.2 Å². The molecule has 1 fully saturated rings. The number of carbonyl (C=O) groups excluding carboxylic acids is 1. The van der Waals surface area contributed by atoms with Crippen LogP contribution in [0.25, 0.3) is 0 Å². The second kappa shape index (κ2) is 4.49. The van der Waals surface area contributed by atoms with Gasteiger partial charge in [0.15, 0.2) is 0 Å². The molecule has 0 aromatic heterocycles. The molecule has 0 spiro atoms. The standard InChI is InChI=1S/C11H21NO3/c1-8-9(5-6-15-8)10(13)12(4)7-11(2,3)14/h8-9,14H,5-7H2,1-4H3. The number of aliphatic hydroxyl groups is 1. The molecule has 15 heavy (non-hydrogen) atoms. The summed E-state index contributed by atoms with van der Waals surface area (Å²) in [6, 6.07) is 0. The van der Waals surface area contributed by atoms with Crippen molar-refractivity contribution in [2.45, 2.75) is 38.9 Å². The molecule has 2 atom stereocenters. The summed E-state index contributed by atoms with van der Waals surface area (Å²) in [6.45, 7) is 6.34. The first-order valence-corrected chi connectivity index (χ1v) is 5.40. The van der Waals surface area contributed by atoms with Crippen LogP contribution in [0.3, 0.4) is 0 Å². The first-order chi connectivity index (χ1) is 6.81. The Hall–Kier alpha value is -0.610. The predicted octanol–water partition coefficient (Wildman–Crippen LogP) is 0.641. The normalized spacial score (nSPS) is 26.7. The van der Waals surface area contributed by atoms with Crippen molar-refractivity contribution in [3.05, 3.63) is 0 Å². The minimum Gasteiger partial charge on any atom is -0.389 e. The molecule has 2 unspecified atom stereocenters. The molecular formula is C11H21NO3. The fraction of sp³-hybridized carbons (Fsp3) is 0.909. The van der Waals surface area contributed by atoms with E-state index in [0.717, 1.165) is 6.42 Å². The zero-order chi connectivity index (χ0) is 11.6. The average Bonchev–Trinajstić information content (AvgIpc) is 2.47. The smallest absolute Gasteiger partial charge is 0.228 e. The molecule has 1 N–H and O–H groups in total. The third kappa shape index (κ3) is 3.47. The molecular weight excluding hydrogens is 194 g/mol. The van der Waals surface area contributed by atoms with Crippen molar-refractivity contribution in [2.75, 3.05) is 20.2 Å². The predicted molar refractivity (Wildman–Crippen MR) is 57.5 cm³/mol. The van der Waals surface area contributed by atoms with Gasteiger partial charge in [0, 0.05) is 20.2 Å². The van der Waals surface area contributed by atoms with Gasteiger partial charge < -0.3 is 14.7 Å². The number of likely N-dealkylation sites (N-methyl/N-ethyl adjacent to an activating group) is 1. The van der Waals surface area contributed by atoms with E-state index in [2.05, 4.69) is 0 Å². The molecule has 88 valence electrons. The number of rotatable bonds is 3. The third-order valence-corrected chi connectivity index (χ3v) is 2.69. The van der Waals surface area contributed by atoms with Crippen LogP contribution in [0.15, 0.2) is 0 Å². The molecule has 1 heterocycles. The molecule has 0 radical (unpaired) electrons. The van der Waals surface area contributed by atoms with Gasteiger partial charge in [0.1, 0.15) is 0 Å². The second-order valence-corrected chi connectivity index (χ2v) is 4.98. The van der Waals surface area contributed by atoms with Crippen LogP contribution < -0.4 is 0 Å². The van der Waals surface area contributed by atoms with Gasteiger partial charge in [0.2, 0.25) is 5.91 Å². The van der Waals surface area contributed by atoms with Crippen LogP contribution in [0.2, 0.25) is 0 Å². The Balaban J connectivity index is 2.52. The van der Waals surface area contributed by atoms with Crippen LogP contribution in [0.5, 0.6) is 0 Å². The molecule has 0 aliphatic carbocycles. The van der Waals surface area contributed by atoms with Gasteiger partial charge in [-0.3, -0.25) is 4.79 Å². The van der Waals surface area contributed by atoms with E-state index in [1.807, 2.05) is 6.92 Å². The van der Waals surface area contributed by atoms with E-state index >= 15 is 0 Å². The molecule has 1 amide bonds. The zero-order valence-electron chi connectivity index (χ0n) is 9.99. The van der Waals surface area contributed by atoms with Gasteiger partial charge >= 0.3 is 0 Å². The van der Waals surface area contributed by atoms with Crippen molar-refractivity contribution in [3.63, 3.8) is 0 Å². The summed E-state index contributed by atoms with van der Waals surface area (Å²) < 4.78 is 5.36. The van der Waals surface area contributed by atoms with Crippen molar-refractivity contribution >= 4 is 5.91 Å². The molecule has 0 saturated carbocycles. The minimum atomic E-state index is -0.840. The number of nitrogens with zero attached hydrogens (tertiary/aromatic N) is 1. The lowest BCUT2D eigenvalue weighted by Crippen LogP contribution is -2.43. The number of amides is 1. The van der Waals surface area contributed by atoms with E-state index in [1.54, 1.807) is 25.8 Å². The summed E-state index contributed by atoms with van der Waals surface area (Å²) >= 11 is 0. The summed E-state index contributed by atoms with van der Waals surface area (Å²) in [5, 5.41) is 9.62. The van der Waals surface area contributed by atoms with Gasteiger partial charge in [0.05, 0.1) is 17.6 Å². The van der Waals surface area contributed by atoms with Crippen LogP contribution in [0.4, 0.5) is 0 Å². The summed E-state index contributed by atoms with van der Waals surface area (Å²) in [5.41, 5.74) is -0.840. The summed E-state index contributed by atoms with van der Waals surface area (Å²) in [5.74, 6) is 0.0273. The van der Waals surface area contributed by atoms with E-state index in [9.17, 15) is 9.90 Å². The highest BCUT2D eigenvalue weighted by atomic mass is 16.5. The van der Waals surface area contributed by atoms with Crippen LogP contribution in [-0.2, 0) is 9.53 Å². The van der Waals surface area contributed by atoms with Gasteiger partial charge in [-0.2, -0.15) is 0 Å². The SMILES string of the molecule is CC1OCCC1C(=O)N(C)CC(C)(C)O. The lowest BCUT2D eigenvalue weighted by Gasteiger charge is -2.28. The molecule has 0 aromatic carbocycles. The van der Waals surface area contributed by atoms with E-state index in [4.69, 9.17) is 4.74 Å². The van der Waals surface area contributed by atoms with Crippen LogP contribution in [0, 0.1) is 5.92 Å². The fourth-order valence-electron chi connectivity index (χ4n) is 2.00. The van der Waals surface area contributed by atoms with Crippen molar-refractivity contribution in [1.82, 2.24) is 4.90 Å². The largest absolute Gasteiger partial charge is 0.389 e. The zero-order valence-corrected chi connectivity index (χ0v) is 9.99. The van der Waals surface area contributed by atoms with Gasteiger partial charge in [-0.25, -0.2) is 0 Å². The number of hydrogen-bond acceptors (Lipinski definition) is 3. The summed E-state index contributed by atoms with van der Waals surface area (Å²) in [6.07, 6.45) is 0.790. The Morgan fingerprint density at radius 3 is 2.60 bits per heavy atom. The first kappa shape index (κ1) is 12.5. The maximum atomic E-state index is 12.0. The van der Waals surface area contributed by atoms with Gasteiger partial charge in [-0.1, -0.05) is 0 Å². The Labute approximate surface area is 91.2 Å². The van der Waals surface area contributed by atoms with E-state index in [-0.39, 0.29) is 17.9 Å². The molecule has 4 nitrogen and oxygen atoms in total. The Morgan fingerprint density at radius 2 is 2.20 bits per heavy atom. The molecule has 0 aromatic rings. The van der Waals surface area contributed by atoms with E-state index in [0.29, 0.717) is 13.2 Å². The highest BCUT2D eigenvalue weighted by Crippen LogP contribution is 2.22. The van der Waals surface area contributed by atoms with Gasteiger partial charge in [0.25, 0.3) is 0 Å². The number of ether oxygens (including phenoxy) is 1. The highest BCUT2D eigenvalue weighted by Gasteiger charge is 2.33. The van der Waals surface area contributed by atoms with Crippen LogP contribution >= 0.6 is 0 Å². The van der Waals surface area contributed by atoms with Gasteiger partial charge in [-0.05, 0) is 27.2 Å². The summed E-state index contributed by atoms with van der Waals surface area (Å²) in [4.78, 5) is 13.6. The lowest BCUT2D eigenvalue weighted by molar-refractivity contribution is -0.138. The average molecular weight is 215 g/mol. The number of hydrogen-bond donors (Lipinski definition) is 1. The minimum absolute atomic E-state index is 0.00163. The fourth-order valence-corrected chi connectivity index (χ4v) is 2.00. The van der Waals surface area contributed by atoms with Gasteiger partial charge in [-0.15, -0.1) is 0 Å². The molecule has 4 heteroatoms. The molecule has 0 bridgehead atoms.